The van der Waals surface area contributed by atoms with Crippen molar-refractivity contribution in [3.63, 3.8) is 0 Å². The molecule has 1 aliphatic carbocycles. The number of rotatable bonds is 2. The van der Waals surface area contributed by atoms with Crippen molar-refractivity contribution in [3.05, 3.63) is 35.9 Å². The van der Waals surface area contributed by atoms with E-state index in [0.29, 0.717) is 18.4 Å². The maximum Gasteiger partial charge on any atom is 1.00 e. The molecule has 4 nitrogen and oxygen atoms in total. The third-order valence-corrected chi connectivity index (χ3v) is 4.81. The van der Waals surface area contributed by atoms with Crippen molar-refractivity contribution >= 4 is 10.1 Å². The van der Waals surface area contributed by atoms with Crippen LogP contribution < -0.4 is 29.6 Å². The Kier molecular flexibility index (Phi) is 5.41. The Morgan fingerprint density at radius 3 is 2.39 bits per heavy atom. The first kappa shape index (κ1) is 16.1. The van der Waals surface area contributed by atoms with Gasteiger partial charge in [0.2, 0.25) is 0 Å². The number of aliphatic hydroxyl groups is 1. The van der Waals surface area contributed by atoms with E-state index in [-0.39, 0.29) is 36.0 Å². The molecule has 6 heteroatoms. The van der Waals surface area contributed by atoms with E-state index >= 15 is 0 Å². The topological polar surface area (TPSA) is 77.4 Å². The molecule has 18 heavy (non-hydrogen) atoms. The molecule has 1 saturated carbocycles. The molecule has 0 radical (unpaired) electrons. The summed E-state index contributed by atoms with van der Waals surface area (Å²) < 4.78 is 33.9. The van der Waals surface area contributed by atoms with Crippen LogP contribution in [0.1, 0.15) is 37.2 Å². The SMILES string of the molecule is O=S(=O)([O-])C1(O)CCCCC1c1ccccc1.[Na+]. The van der Waals surface area contributed by atoms with Crippen molar-refractivity contribution in [1.82, 2.24) is 0 Å². The van der Waals surface area contributed by atoms with Crippen molar-refractivity contribution in [3.8, 4) is 0 Å². The van der Waals surface area contributed by atoms with Gasteiger partial charge in [0.05, 0.1) is 0 Å². The minimum atomic E-state index is -4.72. The van der Waals surface area contributed by atoms with Crippen LogP contribution in [0.15, 0.2) is 30.3 Å². The summed E-state index contributed by atoms with van der Waals surface area (Å²) in [5.41, 5.74) is 0.717. The zero-order chi connectivity index (χ0) is 12.5. The van der Waals surface area contributed by atoms with E-state index in [1.54, 1.807) is 24.3 Å². The molecule has 2 atom stereocenters. The van der Waals surface area contributed by atoms with Gasteiger partial charge in [-0.05, 0) is 24.8 Å². The van der Waals surface area contributed by atoms with Gasteiger partial charge in [-0.15, -0.1) is 0 Å². The second-order valence-electron chi connectivity index (χ2n) is 4.51. The third kappa shape index (κ3) is 2.98. The summed E-state index contributed by atoms with van der Waals surface area (Å²) in [6.45, 7) is 0. The van der Waals surface area contributed by atoms with E-state index in [4.69, 9.17) is 0 Å². The molecule has 2 unspecified atom stereocenters. The zero-order valence-electron chi connectivity index (χ0n) is 10.4. The molecule has 1 aromatic carbocycles. The Balaban J connectivity index is 0.00000162. The predicted octanol–water partition coefficient (Wildman–Crippen LogP) is -1.42. The van der Waals surface area contributed by atoms with E-state index in [0.717, 1.165) is 6.42 Å². The molecule has 0 bridgehead atoms. The fraction of sp³-hybridized carbons (Fsp3) is 0.500. The average Bonchev–Trinajstić information content (AvgIpc) is 2.29. The number of benzene rings is 1. The maximum absolute atomic E-state index is 11.3. The van der Waals surface area contributed by atoms with Gasteiger partial charge in [-0.3, -0.25) is 0 Å². The normalized spacial score (nSPS) is 28.4. The van der Waals surface area contributed by atoms with Crippen LogP contribution in [0.3, 0.4) is 0 Å². The van der Waals surface area contributed by atoms with Gasteiger partial charge in [-0.25, -0.2) is 8.42 Å². The van der Waals surface area contributed by atoms with Crippen molar-refractivity contribution in [2.75, 3.05) is 0 Å². The van der Waals surface area contributed by atoms with Gasteiger partial charge in [0.1, 0.15) is 10.1 Å². The summed E-state index contributed by atoms with van der Waals surface area (Å²) in [6.07, 6.45) is 1.96. The molecule has 0 aromatic heterocycles. The van der Waals surface area contributed by atoms with Gasteiger partial charge in [-0.2, -0.15) is 0 Å². The van der Waals surface area contributed by atoms with E-state index in [9.17, 15) is 18.1 Å². The van der Waals surface area contributed by atoms with Crippen LogP contribution >= 0.6 is 0 Å². The predicted molar refractivity (Wildman–Crippen MR) is 62.3 cm³/mol. The van der Waals surface area contributed by atoms with Gasteiger partial charge in [-0.1, -0.05) is 36.8 Å². The van der Waals surface area contributed by atoms with E-state index < -0.39 is 21.0 Å². The van der Waals surface area contributed by atoms with Gasteiger partial charge >= 0.3 is 29.6 Å². The van der Waals surface area contributed by atoms with Gasteiger partial charge in [0, 0.05) is 5.92 Å². The van der Waals surface area contributed by atoms with E-state index in [1.165, 1.54) is 0 Å². The Labute approximate surface area is 129 Å². The summed E-state index contributed by atoms with van der Waals surface area (Å²) in [4.78, 5) is -2.15. The molecule has 2 rings (SSSR count). The molecule has 0 saturated heterocycles. The molecular weight excluding hydrogens is 263 g/mol. The Morgan fingerprint density at radius 2 is 1.83 bits per heavy atom. The standard InChI is InChI=1S/C12H16O4S.Na/c13-12(17(14,15)16)9-5-4-8-11(12)10-6-2-1-3-7-10;/h1-3,6-7,11,13H,4-5,8-9H2,(H,14,15,16);/q;+1/p-1. The second-order valence-corrected chi connectivity index (χ2v) is 6.12. The van der Waals surface area contributed by atoms with Gasteiger partial charge < -0.3 is 9.66 Å². The first-order chi connectivity index (χ1) is 7.95. The molecule has 1 N–H and O–H groups in total. The van der Waals surface area contributed by atoms with Crippen LogP contribution in [0.25, 0.3) is 0 Å². The van der Waals surface area contributed by atoms with Crippen LogP contribution in [-0.4, -0.2) is 23.0 Å². The second kappa shape index (κ2) is 6.03. The Morgan fingerprint density at radius 1 is 1.22 bits per heavy atom. The van der Waals surface area contributed by atoms with Crippen LogP contribution in [0.4, 0.5) is 0 Å². The quantitative estimate of drug-likeness (QED) is 0.532. The molecule has 94 valence electrons. The van der Waals surface area contributed by atoms with Crippen LogP contribution in [0, 0.1) is 0 Å². The molecule has 1 fully saturated rings. The maximum atomic E-state index is 11.3. The Bertz CT molecular complexity index is 488. The van der Waals surface area contributed by atoms with Crippen molar-refractivity contribution in [2.24, 2.45) is 0 Å². The molecule has 0 aliphatic heterocycles. The van der Waals surface area contributed by atoms with Crippen molar-refractivity contribution < 1.29 is 47.6 Å². The Hall–Kier alpha value is 0.0900. The summed E-state index contributed by atoms with van der Waals surface area (Å²) >= 11 is 0. The largest absolute Gasteiger partial charge is 1.00 e. The van der Waals surface area contributed by atoms with Crippen molar-refractivity contribution in [2.45, 2.75) is 36.5 Å². The monoisotopic (exact) mass is 278 g/mol. The molecule has 1 aliphatic rings. The first-order valence-corrected chi connectivity index (χ1v) is 7.09. The fourth-order valence-electron chi connectivity index (χ4n) is 2.54. The fourth-order valence-corrected chi connectivity index (χ4v) is 3.53. The zero-order valence-corrected chi connectivity index (χ0v) is 13.2. The number of hydrogen-bond donors (Lipinski definition) is 1. The molecule has 0 amide bonds. The first-order valence-electron chi connectivity index (χ1n) is 5.68. The van der Waals surface area contributed by atoms with Crippen molar-refractivity contribution in [1.29, 1.82) is 0 Å². The van der Waals surface area contributed by atoms with Crippen LogP contribution in [0.5, 0.6) is 0 Å². The van der Waals surface area contributed by atoms with Gasteiger partial charge in [0.25, 0.3) is 0 Å². The minimum Gasteiger partial charge on any atom is -0.746 e. The molecule has 0 heterocycles. The third-order valence-electron chi connectivity index (χ3n) is 3.46. The van der Waals surface area contributed by atoms with E-state index in [1.807, 2.05) is 6.07 Å². The van der Waals surface area contributed by atoms with Gasteiger partial charge in [0.15, 0.2) is 4.93 Å². The van der Waals surface area contributed by atoms with E-state index in [2.05, 4.69) is 0 Å². The summed E-state index contributed by atoms with van der Waals surface area (Å²) in [6, 6.07) is 8.89. The summed E-state index contributed by atoms with van der Waals surface area (Å²) in [5.74, 6) is -0.611. The molecular formula is C12H15NaO4S. The molecule has 1 aromatic rings. The molecule has 0 spiro atoms. The minimum absolute atomic E-state index is 0. The smallest absolute Gasteiger partial charge is 0.746 e. The summed E-state index contributed by atoms with van der Waals surface area (Å²) in [5, 5.41) is 10.2. The summed E-state index contributed by atoms with van der Waals surface area (Å²) in [7, 11) is -4.72. The van der Waals surface area contributed by atoms with Crippen LogP contribution in [0.2, 0.25) is 0 Å². The average molecular weight is 278 g/mol. The van der Waals surface area contributed by atoms with Crippen LogP contribution in [-0.2, 0) is 10.1 Å². The number of hydrogen-bond acceptors (Lipinski definition) is 4.